The Hall–Kier alpha value is -3.34. The maximum absolute atomic E-state index is 13.9. The Morgan fingerprint density at radius 3 is 2.47 bits per heavy atom. The number of amides is 2. The van der Waals surface area contributed by atoms with Crippen LogP contribution in [0.25, 0.3) is 6.08 Å². The first-order chi connectivity index (χ1) is 17.0. The van der Waals surface area contributed by atoms with Crippen molar-refractivity contribution in [3.63, 3.8) is 0 Å². The second kappa shape index (κ2) is 9.96. The predicted octanol–water partition coefficient (Wildman–Crippen LogP) is 5.02. The highest BCUT2D eigenvalue weighted by Gasteiger charge is 2.30. The molecule has 0 spiro atoms. The van der Waals surface area contributed by atoms with E-state index in [1.54, 1.807) is 41.1 Å². The number of anilines is 1. The smallest absolute Gasteiger partial charge is 0.267 e. The summed E-state index contributed by atoms with van der Waals surface area (Å²) >= 11 is 12.2. The van der Waals surface area contributed by atoms with Crippen molar-refractivity contribution in [1.29, 1.82) is 0 Å². The van der Waals surface area contributed by atoms with Gasteiger partial charge in [0.2, 0.25) is 5.91 Å². The zero-order valence-electron chi connectivity index (χ0n) is 18.1. The molecule has 1 heterocycles. The number of para-hydroxylation sites is 1. The number of carbonyl (C=O) groups is 2. The molecule has 0 aliphatic carbocycles. The van der Waals surface area contributed by atoms with Gasteiger partial charge in [0.05, 0.1) is 18.7 Å². The molecule has 2 amide bonds. The molecule has 36 heavy (non-hydrogen) atoms. The van der Waals surface area contributed by atoms with Crippen molar-refractivity contribution in [3.8, 4) is 0 Å². The summed E-state index contributed by atoms with van der Waals surface area (Å²) in [4.78, 5) is 25.3. The van der Waals surface area contributed by atoms with Crippen LogP contribution in [-0.4, -0.2) is 20.2 Å². The minimum atomic E-state index is -4.84. The van der Waals surface area contributed by atoms with Gasteiger partial charge >= 0.3 is 0 Å². The molecule has 1 aliphatic heterocycles. The van der Waals surface area contributed by atoms with E-state index in [2.05, 4.69) is 0 Å². The van der Waals surface area contributed by atoms with Crippen LogP contribution in [0.3, 0.4) is 0 Å². The average molecular weight is 555 g/mol. The maximum Gasteiger partial charge on any atom is 0.267 e. The second-order valence-corrected chi connectivity index (χ2v) is 10.2. The molecule has 0 unspecified atom stereocenters. The first-order valence-electron chi connectivity index (χ1n) is 10.2. The highest BCUT2D eigenvalue weighted by Crippen LogP contribution is 2.36. The van der Waals surface area contributed by atoms with Gasteiger partial charge in [-0.25, -0.2) is 26.3 Å². The standard InChI is InChI=1S/C24H15Cl2F3N2O4S/c25-16-6-4-15(17(26)9-16)12-31-23(33)8-14-3-1-2-13(24(14)31)5-7-22(32)30-36(34,35)21-11-19(28)18(27)10-20(21)29/h1-7,9-11H,8,12H2,(H,30,32)/b7-5+. The van der Waals surface area contributed by atoms with E-state index in [4.69, 9.17) is 23.2 Å². The predicted molar refractivity (Wildman–Crippen MR) is 128 cm³/mol. The second-order valence-electron chi connectivity index (χ2n) is 7.75. The molecule has 1 N–H and O–H groups in total. The number of hydrogen-bond donors (Lipinski definition) is 1. The fourth-order valence-corrected chi connectivity index (χ4v) is 5.17. The summed E-state index contributed by atoms with van der Waals surface area (Å²) in [5.41, 5.74) is 2.25. The van der Waals surface area contributed by atoms with Gasteiger partial charge in [0.25, 0.3) is 15.9 Å². The Morgan fingerprint density at radius 2 is 1.75 bits per heavy atom. The minimum Gasteiger partial charge on any atom is -0.307 e. The third-order valence-corrected chi connectivity index (χ3v) is 7.27. The zero-order chi connectivity index (χ0) is 26.2. The number of rotatable bonds is 6. The third kappa shape index (κ3) is 5.25. The normalized spacial score (nSPS) is 13.4. The lowest BCUT2D eigenvalue weighted by atomic mass is 10.1. The van der Waals surface area contributed by atoms with Crippen LogP contribution in [0.15, 0.2) is 59.5 Å². The number of nitrogens with zero attached hydrogens (tertiary/aromatic N) is 1. The minimum absolute atomic E-state index is 0.0655. The highest BCUT2D eigenvalue weighted by molar-refractivity contribution is 7.90. The number of nitrogens with one attached hydrogen (secondary N) is 1. The maximum atomic E-state index is 13.9. The van der Waals surface area contributed by atoms with Gasteiger partial charge in [-0.2, -0.15) is 0 Å². The lowest BCUT2D eigenvalue weighted by molar-refractivity contribution is -0.117. The van der Waals surface area contributed by atoms with Crippen molar-refractivity contribution < 1.29 is 31.2 Å². The lowest BCUT2D eigenvalue weighted by Gasteiger charge is -2.20. The van der Waals surface area contributed by atoms with Gasteiger partial charge in [-0.05, 0) is 34.9 Å². The van der Waals surface area contributed by atoms with Gasteiger partial charge in [0.1, 0.15) is 10.7 Å². The Bertz CT molecular complexity index is 1540. The van der Waals surface area contributed by atoms with E-state index < -0.39 is 38.3 Å². The fraction of sp³-hybridized carbons (Fsp3) is 0.0833. The van der Waals surface area contributed by atoms with E-state index in [-0.39, 0.29) is 31.0 Å². The summed E-state index contributed by atoms with van der Waals surface area (Å²) < 4.78 is 66.6. The van der Waals surface area contributed by atoms with Crippen LogP contribution < -0.4 is 9.62 Å². The summed E-state index contributed by atoms with van der Waals surface area (Å²) in [5.74, 6) is -6.11. The summed E-state index contributed by atoms with van der Waals surface area (Å²) in [7, 11) is -4.84. The topological polar surface area (TPSA) is 83.6 Å². The van der Waals surface area contributed by atoms with E-state index >= 15 is 0 Å². The molecule has 0 bridgehead atoms. The van der Waals surface area contributed by atoms with E-state index in [0.29, 0.717) is 32.4 Å². The van der Waals surface area contributed by atoms with Gasteiger partial charge in [-0.1, -0.05) is 47.5 Å². The molecule has 3 aromatic carbocycles. The monoisotopic (exact) mass is 554 g/mol. The Labute approximate surface area is 214 Å². The molecule has 0 fully saturated rings. The van der Waals surface area contributed by atoms with Crippen LogP contribution in [0.5, 0.6) is 0 Å². The molecule has 0 radical (unpaired) electrons. The molecule has 3 aromatic rings. The largest absolute Gasteiger partial charge is 0.307 e. The van der Waals surface area contributed by atoms with E-state index in [9.17, 15) is 31.2 Å². The molecule has 4 rings (SSSR count). The quantitative estimate of drug-likeness (QED) is 0.342. The van der Waals surface area contributed by atoms with Crippen LogP contribution in [0.1, 0.15) is 16.7 Å². The number of hydrogen-bond acceptors (Lipinski definition) is 4. The number of carbonyl (C=O) groups excluding carboxylic acids is 2. The lowest BCUT2D eigenvalue weighted by Crippen LogP contribution is -2.30. The van der Waals surface area contributed by atoms with Crippen molar-refractivity contribution in [1.82, 2.24) is 4.72 Å². The summed E-state index contributed by atoms with van der Waals surface area (Å²) in [5, 5.41) is 0.801. The molecular formula is C24H15Cl2F3N2O4S. The average Bonchev–Trinajstić information content (AvgIpc) is 3.11. The number of fused-ring (bicyclic) bond motifs is 1. The molecule has 6 nitrogen and oxygen atoms in total. The molecule has 0 saturated carbocycles. The molecule has 12 heteroatoms. The van der Waals surface area contributed by atoms with Gasteiger partial charge in [0, 0.05) is 28.3 Å². The van der Waals surface area contributed by atoms with Crippen molar-refractivity contribution in [2.45, 2.75) is 17.9 Å². The molecule has 0 aromatic heterocycles. The Kier molecular flexibility index (Phi) is 7.12. The molecule has 0 atom stereocenters. The van der Waals surface area contributed by atoms with Crippen LogP contribution in [-0.2, 0) is 32.6 Å². The van der Waals surface area contributed by atoms with Crippen molar-refractivity contribution >= 4 is 56.8 Å². The molecule has 186 valence electrons. The highest BCUT2D eigenvalue weighted by atomic mass is 35.5. The van der Waals surface area contributed by atoms with Gasteiger partial charge in [-0.3, -0.25) is 9.59 Å². The summed E-state index contributed by atoms with van der Waals surface area (Å²) in [6.45, 7) is 0.128. The Balaban J connectivity index is 1.59. The SMILES string of the molecule is O=C(/C=C/c1cccc2c1N(Cc1ccc(Cl)cc1Cl)C(=O)C2)NS(=O)(=O)c1cc(F)c(F)cc1F. The molecule has 0 saturated heterocycles. The van der Waals surface area contributed by atoms with Crippen molar-refractivity contribution in [3.05, 3.63) is 98.8 Å². The first-order valence-corrected chi connectivity index (χ1v) is 12.5. The van der Waals surface area contributed by atoms with Crippen LogP contribution in [0.4, 0.5) is 18.9 Å². The molecule has 1 aliphatic rings. The summed E-state index contributed by atoms with van der Waals surface area (Å²) in [6, 6.07) is 10.1. The van der Waals surface area contributed by atoms with Crippen molar-refractivity contribution in [2.24, 2.45) is 0 Å². The van der Waals surface area contributed by atoms with E-state index in [1.807, 2.05) is 0 Å². The summed E-state index contributed by atoms with van der Waals surface area (Å²) in [6.07, 6.45) is 2.25. The zero-order valence-corrected chi connectivity index (χ0v) is 20.4. The van der Waals surface area contributed by atoms with E-state index in [0.717, 1.165) is 6.08 Å². The van der Waals surface area contributed by atoms with Crippen LogP contribution >= 0.6 is 23.2 Å². The number of benzene rings is 3. The van der Waals surface area contributed by atoms with Crippen molar-refractivity contribution in [2.75, 3.05) is 4.90 Å². The number of sulfonamides is 1. The first kappa shape index (κ1) is 25.7. The van der Waals surface area contributed by atoms with Gasteiger partial charge in [0.15, 0.2) is 11.6 Å². The number of halogens is 5. The van der Waals surface area contributed by atoms with E-state index in [1.165, 1.54) is 11.0 Å². The van der Waals surface area contributed by atoms with Gasteiger partial charge in [-0.15, -0.1) is 0 Å². The Morgan fingerprint density at radius 1 is 1.03 bits per heavy atom. The van der Waals surface area contributed by atoms with Crippen LogP contribution in [0.2, 0.25) is 10.0 Å². The molecular weight excluding hydrogens is 540 g/mol. The van der Waals surface area contributed by atoms with Crippen LogP contribution in [0, 0.1) is 17.5 Å². The van der Waals surface area contributed by atoms with Gasteiger partial charge < -0.3 is 4.90 Å². The fourth-order valence-electron chi connectivity index (χ4n) is 3.69. The third-order valence-electron chi connectivity index (χ3n) is 5.32.